The molecule has 1 aliphatic rings. The van der Waals surface area contributed by atoms with Crippen LogP contribution in [0.1, 0.15) is 38.3 Å². The van der Waals surface area contributed by atoms with Crippen molar-refractivity contribution in [2.24, 2.45) is 0 Å². The van der Waals surface area contributed by atoms with Gasteiger partial charge in [0, 0.05) is 18.8 Å². The number of nitrogens with zero attached hydrogens (tertiary/aromatic N) is 3. The molecule has 1 aliphatic carbocycles. The van der Waals surface area contributed by atoms with E-state index in [1.807, 2.05) is 6.20 Å². The predicted molar refractivity (Wildman–Crippen MR) is 66.9 cm³/mol. The first-order chi connectivity index (χ1) is 7.85. The number of unbranched alkanes of at least 4 members (excludes halogenated alkanes) is 1. The molecule has 3 nitrogen and oxygen atoms in total. The number of alkyl halides is 1. The van der Waals surface area contributed by atoms with Gasteiger partial charge in [-0.1, -0.05) is 13.3 Å². The van der Waals surface area contributed by atoms with Crippen molar-refractivity contribution < 1.29 is 0 Å². The van der Waals surface area contributed by atoms with Crippen molar-refractivity contribution in [3.8, 4) is 0 Å². The van der Waals surface area contributed by atoms with E-state index >= 15 is 0 Å². The van der Waals surface area contributed by atoms with Gasteiger partial charge in [0.15, 0.2) is 0 Å². The molecule has 0 atom stereocenters. The van der Waals surface area contributed by atoms with Crippen molar-refractivity contribution in [1.29, 1.82) is 0 Å². The van der Waals surface area contributed by atoms with Gasteiger partial charge in [0.25, 0.3) is 0 Å². The molecule has 4 heteroatoms. The van der Waals surface area contributed by atoms with Crippen LogP contribution < -0.4 is 4.90 Å². The summed E-state index contributed by atoms with van der Waals surface area (Å²) in [7, 11) is 0. The van der Waals surface area contributed by atoms with Gasteiger partial charge in [-0.05, 0) is 19.3 Å². The molecule has 88 valence electrons. The first kappa shape index (κ1) is 11.6. The largest absolute Gasteiger partial charge is 0.352 e. The molecule has 0 aliphatic heterocycles. The van der Waals surface area contributed by atoms with Crippen molar-refractivity contribution in [2.75, 3.05) is 11.4 Å². The van der Waals surface area contributed by atoms with Gasteiger partial charge >= 0.3 is 0 Å². The van der Waals surface area contributed by atoms with Crippen LogP contribution in [0, 0.1) is 0 Å². The summed E-state index contributed by atoms with van der Waals surface area (Å²) in [5.41, 5.74) is 0.862. The molecule has 0 saturated heterocycles. The minimum Gasteiger partial charge on any atom is -0.352 e. The minimum atomic E-state index is 0.438. The standard InChI is InChI=1S/C12H18ClN3/c1-2-3-6-16(11-4-5-11)12-9-14-8-10(7-13)15-12/h8-9,11H,2-7H2,1H3. The summed E-state index contributed by atoms with van der Waals surface area (Å²) in [4.78, 5) is 11.1. The Morgan fingerprint density at radius 1 is 1.44 bits per heavy atom. The Kier molecular flexibility index (Phi) is 3.99. The van der Waals surface area contributed by atoms with E-state index in [0.717, 1.165) is 18.1 Å². The summed E-state index contributed by atoms with van der Waals surface area (Å²) < 4.78 is 0. The number of hydrogen-bond donors (Lipinski definition) is 0. The fraction of sp³-hybridized carbons (Fsp3) is 0.667. The molecule has 0 amide bonds. The Hall–Kier alpha value is -0.830. The van der Waals surface area contributed by atoms with Crippen molar-refractivity contribution in [1.82, 2.24) is 9.97 Å². The summed E-state index contributed by atoms with van der Waals surface area (Å²) in [6.07, 6.45) is 8.59. The lowest BCUT2D eigenvalue weighted by molar-refractivity contribution is 0.701. The van der Waals surface area contributed by atoms with Crippen LogP contribution in [0.25, 0.3) is 0 Å². The minimum absolute atomic E-state index is 0.438. The third kappa shape index (κ3) is 2.85. The summed E-state index contributed by atoms with van der Waals surface area (Å²) in [5.74, 6) is 1.43. The molecular formula is C12H18ClN3. The molecule has 0 aromatic carbocycles. The van der Waals surface area contributed by atoms with Crippen LogP contribution >= 0.6 is 11.6 Å². The highest BCUT2D eigenvalue weighted by atomic mass is 35.5. The van der Waals surface area contributed by atoms with E-state index in [1.54, 1.807) is 6.20 Å². The van der Waals surface area contributed by atoms with E-state index < -0.39 is 0 Å². The molecule has 1 aromatic rings. The maximum Gasteiger partial charge on any atom is 0.147 e. The Bertz CT molecular complexity index is 339. The number of rotatable bonds is 6. The second kappa shape index (κ2) is 5.48. The molecule has 1 heterocycles. The summed E-state index contributed by atoms with van der Waals surface area (Å²) in [6.45, 7) is 3.30. The first-order valence-electron chi connectivity index (χ1n) is 5.98. The van der Waals surface area contributed by atoms with E-state index in [2.05, 4.69) is 21.8 Å². The first-order valence-corrected chi connectivity index (χ1v) is 6.52. The zero-order valence-corrected chi connectivity index (χ0v) is 10.5. The van der Waals surface area contributed by atoms with Crippen LogP contribution in [-0.4, -0.2) is 22.6 Å². The highest BCUT2D eigenvalue weighted by Gasteiger charge is 2.29. The lowest BCUT2D eigenvalue weighted by Crippen LogP contribution is -2.28. The highest BCUT2D eigenvalue weighted by Crippen LogP contribution is 2.30. The Balaban J connectivity index is 2.10. The van der Waals surface area contributed by atoms with Crippen molar-refractivity contribution in [3.63, 3.8) is 0 Å². The second-order valence-corrected chi connectivity index (χ2v) is 4.55. The van der Waals surface area contributed by atoms with Crippen LogP contribution in [-0.2, 0) is 5.88 Å². The molecule has 0 N–H and O–H groups in total. The SMILES string of the molecule is CCCCN(c1cncc(CCl)n1)C1CC1. The molecule has 1 fully saturated rings. The van der Waals surface area contributed by atoms with Gasteiger partial charge in [0.2, 0.25) is 0 Å². The normalized spacial score (nSPS) is 15.1. The molecule has 16 heavy (non-hydrogen) atoms. The second-order valence-electron chi connectivity index (χ2n) is 4.28. The molecule has 0 unspecified atom stereocenters. The van der Waals surface area contributed by atoms with Crippen molar-refractivity contribution >= 4 is 17.4 Å². The van der Waals surface area contributed by atoms with Gasteiger partial charge in [-0.15, -0.1) is 11.6 Å². The molecule has 0 bridgehead atoms. The monoisotopic (exact) mass is 239 g/mol. The lowest BCUT2D eigenvalue weighted by Gasteiger charge is -2.23. The summed E-state index contributed by atoms with van der Waals surface area (Å²) in [6, 6.07) is 0.687. The topological polar surface area (TPSA) is 29.0 Å². The number of halogens is 1. The smallest absolute Gasteiger partial charge is 0.147 e. The zero-order valence-electron chi connectivity index (χ0n) is 9.69. The molecule has 0 spiro atoms. The third-order valence-corrected chi connectivity index (χ3v) is 3.12. The van der Waals surface area contributed by atoms with Gasteiger partial charge in [-0.3, -0.25) is 4.98 Å². The van der Waals surface area contributed by atoms with E-state index in [0.29, 0.717) is 11.9 Å². The molecule has 2 rings (SSSR count). The van der Waals surface area contributed by atoms with Crippen LogP contribution in [0.15, 0.2) is 12.4 Å². The molecule has 1 aromatic heterocycles. The van der Waals surface area contributed by atoms with Gasteiger partial charge in [0.05, 0.1) is 17.8 Å². The average molecular weight is 240 g/mol. The molecular weight excluding hydrogens is 222 g/mol. The predicted octanol–water partition coefficient (Wildman–Crippen LogP) is 2.98. The quantitative estimate of drug-likeness (QED) is 0.715. The van der Waals surface area contributed by atoms with Crippen molar-refractivity contribution in [3.05, 3.63) is 18.1 Å². The average Bonchev–Trinajstić information content (AvgIpc) is 3.14. The Morgan fingerprint density at radius 3 is 2.88 bits per heavy atom. The number of hydrogen-bond acceptors (Lipinski definition) is 3. The summed E-state index contributed by atoms with van der Waals surface area (Å²) >= 11 is 5.78. The van der Waals surface area contributed by atoms with Gasteiger partial charge in [-0.2, -0.15) is 0 Å². The number of anilines is 1. The zero-order chi connectivity index (χ0) is 11.4. The number of aromatic nitrogens is 2. The fourth-order valence-corrected chi connectivity index (χ4v) is 1.93. The Labute approximate surface area is 102 Å². The fourth-order valence-electron chi connectivity index (χ4n) is 1.80. The van der Waals surface area contributed by atoms with E-state index in [9.17, 15) is 0 Å². The Morgan fingerprint density at radius 2 is 2.25 bits per heavy atom. The van der Waals surface area contributed by atoms with E-state index in [-0.39, 0.29) is 0 Å². The molecule has 1 saturated carbocycles. The van der Waals surface area contributed by atoms with E-state index in [1.165, 1.54) is 25.7 Å². The maximum absolute atomic E-state index is 5.78. The lowest BCUT2D eigenvalue weighted by atomic mass is 10.3. The molecule has 0 radical (unpaired) electrons. The van der Waals surface area contributed by atoms with Crippen LogP contribution in [0.5, 0.6) is 0 Å². The maximum atomic E-state index is 5.78. The van der Waals surface area contributed by atoms with Crippen LogP contribution in [0.3, 0.4) is 0 Å². The van der Waals surface area contributed by atoms with E-state index in [4.69, 9.17) is 11.6 Å². The van der Waals surface area contributed by atoms with Gasteiger partial charge in [-0.25, -0.2) is 4.98 Å². The van der Waals surface area contributed by atoms with Gasteiger partial charge in [0.1, 0.15) is 5.82 Å². The highest BCUT2D eigenvalue weighted by molar-refractivity contribution is 6.16. The van der Waals surface area contributed by atoms with Crippen molar-refractivity contribution in [2.45, 2.75) is 44.5 Å². The van der Waals surface area contributed by atoms with Crippen LogP contribution in [0.4, 0.5) is 5.82 Å². The van der Waals surface area contributed by atoms with Gasteiger partial charge < -0.3 is 4.90 Å². The van der Waals surface area contributed by atoms with Crippen LogP contribution in [0.2, 0.25) is 0 Å². The summed E-state index contributed by atoms with van der Waals surface area (Å²) in [5, 5.41) is 0. The third-order valence-electron chi connectivity index (χ3n) is 2.84.